The van der Waals surface area contributed by atoms with Gasteiger partial charge in [-0.25, -0.2) is 0 Å². The fourth-order valence-corrected chi connectivity index (χ4v) is 3.21. The molecule has 1 aliphatic rings. The molecule has 0 atom stereocenters. The van der Waals surface area contributed by atoms with E-state index in [4.69, 9.17) is 9.47 Å². The molecule has 2 heterocycles. The SMILES string of the molecule is COc1cccc(Cn2c(C)cc(C)c2C(=O)N2CCOCC2)c1. The Bertz CT molecular complexity index is 730. The highest BCUT2D eigenvalue weighted by Gasteiger charge is 2.24. The molecule has 0 bridgehead atoms. The number of carbonyl (C=O) groups excluding carboxylic acids is 1. The van der Waals surface area contributed by atoms with Gasteiger partial charge in [-0.3, -0.25) is 4.79 Å². The monoisotopic (exact) mass is 328 g/mol. The lowest BCUT2D eigenvalue weighted by Gasteiger charge is -2.27. The van der Waals surface area contributed by atoms with Crippen LogP contribution in [0, 0.1) is 13.8 Å². The van der Waals surface area contributed by atoms with Crippen LogP contribution in [0.4, 0.5) is 0 Å². The van der Waals surface area contributed by atoms with Crippen LogP contribution >= 0.6 is 0 Å². The van der Waals surface area contributed by atoms with Gasteiger partial charge in [0.15, 0.2) is 0 Å². The highest BCUT2D eigenvalue weighted by atomic mass is 16.5. The molecule has 1 aromatic heterocycles. The van der Waals surface area contributed by atoms with Gasteiger partial charge in [-0.05, 0) is 43.2 Å². The van der Waals surface area contributed by atoms with Crippen molar-refractivity contribution in [2.24, 2.45) is 0 Å². The molecule has 1 fully saturated rings. The minimum absolute atomic E-state index is 0.0896. The lowest BCUT2D eigenvalue weighted by Crippen LogP contribution is -2.41. The number of aryl methyl sites for hydroxylation is 2. The number of rotatable bonds is 4. The molecule has 5 nitrogen and oxygen atoms in total. The predicted octanol–water partition coefficient (Wildman–Crippen LogP) is 2.63. The lowest BCUT2D eigenvalue weighted by atomic mass is 10.2. The molecule has 0 unspecified atom stereocenters. The van der Waals surface area contributed by atoms with Crippen molar-refractivity contribution in [2.45, 2.75) is 20.4 Å². The van der Waals surface area contributed by atoms with E-state index in [9.17, 15) is 4.79 Å². The molecule has 0 saturated carbocycles. The van der Waals surface area contributed by atoms with Crippen molar-refractivity contribution in [3.63, 3.8) is 0 Å². The number of aromatic nitrogens is 1. The molecule has 2 aromatic rings. The van der Waals surface area contributed by atoms with Crippen LogP contribution in [0.5, 0.6) is 5.75 Å². The first-order chi connectivity index (χ1) is 11.6. The van der Waals surface area contributed by atoms with E-state index in [1.807, 2.05) is 36.9 Å². The molecule has 1 saturated heterocycles. The summed E-state index contributed by atoms with van der Waals surface area (Å²) in [7, 11) is 1.66. The largest absolute Gasteiger partial charge is 0.497 e. The second-order valence-electron chi connectivity index (χ2n) is 6.16. The van der Waals surface area contributed by atoms with E-state index in [1.165, 1.54) is 0 Å². The maximum atomic E-state index is 13.0. The van der Waals surface area contributed by atoms with Crippen molar-refractivity contribution < 1.29 is 14.3 Å². The standard InChI is InChI=1S/C19H24N2O3/c1-14-11-15(2)21(13-16-5-4-6-17(12-16)23-3)18(14)19(22)20-7-9-24-10-8-20/h4-6,11-12H,7-10,13H2,1-3H3. The topological polar surface area (TPSA) is 43.7 Å². The number of carbonyl (C=O) groups is 1. The van der Waals surface area contributed by atoms with Gasteiger partial charge in [0, 0.05) is 25.3 Å². The summed E-state index contributed by atoms with van der Waals surface area (Å²) in [5.74, 6) is 0.918. The Balaban J connectivity index is 1.91. The van der Waals surface area contributed by atoms with Crippen molar-refractivity contribution >= 4 is 5.91 Å². The average Bonchev–Trinajstić information content (AvgIpc) is 2.88. The Kier molecular flexibility index (Phi) is 4.90. The van der Waals surface area contributed by atoms with Crippen LogP contribution < -0.4 is 4.74 Å². The van der Waals surface area contributed by atoms with Crippen LogP contribution in [0.2, 0.25) is 0 Å². The van der Waals surface area contributed by atoms with Crippen molar-refractivity contribution in [2.75, 3.05) is 33.4 Å². The molecule has 0 aliphatic carbocycles. The van der Waals surface area contributed by atoms with E-state index in [1.54, 1.807) is 7.11 Å². The molecule has 24 heavy (non-hydrogen) atoms. The smallest absolute Gasteiger partial charge is 0.270 e. The third-order valence-corrected chi connectivity index (χ3v) is 4.47. The van der Waals surface area contributed by atoms with Crippen LogP contribution in [-0.2, 0) is 11.3 Å². The fraction of sp³-hybridized carbons (Fsp3) is 0.421. The van der Waals surface area contributed by atoms with E-state index < -0.39 is 0 Å². The molecule has 0 N–H and O–H groups in total. The third kappa shape index (κ3) is 3.31. The number of amides is 1. The summed E-state index contributed by atoms with van der Waals surface area (Å²) in [5.41, 5.74) is 4.00. The Labute approximate surface area is 142 Å². The number of hydrogen-bond acceptors (Lipinski definition) is 3. The predicted molar refractivity (Wildman–Crippen MR) is 92.7 cm³/mol. The number of nitrogens with zero attached hydrogens (tertiary/aromatic N) is 2. The number of morpholine rings is 1. The molecule has 3 rings (SSSR count). The normalized spacial score (nSPS) is 14.7. The average molecular weight is 328 g/mol. The van der Waals surface area contributed by atoms with Gasteiger partial charge in [0.2, 0.25) is 0 Å². The summed E-state index contributed by atoms with van der Waals surface area (Å²) < 4.78 is 12.8. The minimum Gasteiger partial charge on any atom is -0.497 e. The fourth-order valence-electron chi connectivity index (χ4n) is 3.21. The lowest BCUT2D eigenvalue weighted by molar-refractivity contribution is 0.0295. The molecule has 0 radical (unpaired) electrons. The minimum atomic E-state index is 0.0896. The number of hydrogen-bond donors (Lipinski definition) is 0. The Morgan fingerprint density at radius 1 is 1.21 bits per heavy atom. The van der Waals surface area contributed by atoms with Crippen molar-refractivity contribution in [3.05, 3.63) is 52.8 Å². The van der Waals surface area contributed by atoms with E-state index in [-0.39, 0.29) is 5.91 Å². The quantitative estimate of drug-likeness (QED) is 0.866. The zero-order valence-corrected chi connectivity index (χ0v) is 14.5. The summed E-state index contributed by atoms with van der Waals surface area (Å²) in [5, 5.41) is 0. The van der Waals surface area contributed by atoms with E-state index >= 15 is 0 Å². The zero-order chi connectivity index (χ0) is 17.1. The zero-order valence-electron chi connectivity index (χ0n) is 14.5. The summed E-state index contributed by atoms with van der Waals surface area (Å²) in [6, 6.07) is 10.0. The van der Waals surface area contributed by atoms with E-state index in [0.717, 1.165) is 28.3 Å². The maximum absolute atomic E-state index is 13.0. The first-order valence-electron chi connectivity index (χ1n) is 8.27. The van der Waals surface area contributed by atoms with Gasteiger partial charge in [-0.1, -0.05) is 12.1 Å². The number of methoxy groups -OCH3 is 1. The highest BCUT2D eigenvalue weighted by Crippen LogP contribution is 2.21. The molecule has 1 aliphatic heterocycles. The first-order valence-corrected chi connectivity index (χ1v) is 8.27. The summed E-state index contributed by atoms with van der Waals surface area (Å²) in [6.45, 7) is 7.23. The molecule has 5 heteroatoms. The number of ether oxygens (including phenoxy) is 2. The number of benzene rings is 1. The Morgan fingerprint density at radius 2 is 1.96 bits per heavy atom. The molecular weight excluding hydrogens is 304 g/mol. The van der Waals surface area contributed by atoms with Gasteiger partial charge < -0.3 is 18.9 Å². The van der Waals surface area contributed by atoms with E-state index in [0.29, 0.717) is 32.8 Å². The summed E-state index contributed by atoms with van der Waals surface area (Å²) >= 11 is 0. The van der Waals surface area contributed by atoms with Crippen molar-refractivity contribution in [3.8, 4) is 5.75 Å². The second kappa shape index (κ2) is 7.09. The van der Waals surface area contributed by atoms with Crippen LogP contribution in [0.25, 0.3) is 0 Å². The molecular formula is C19H24N2O3. The van der Waals surface area contributed by atoms with Crippen LogP contribution in [0.1, 0.15) is 27.3 Å². The Hall–Kier alpha value is -2.27. The summed E-state index contributed by atoms with van der Waals surface area (Å²) in [4.78, 5) is 14.9. The van der Waals surface area contributed by atoms with Gasteiger partial charge in [-0.15, -0.1) is 0 Å². The highest BCUT2D eigenvalue weighted by molar-refractivity contribution is 5.94. The first kappa shape index (κ1) is 16.6. The van der Waals surface area contributed by atoms with Gasteiger partial charge in [0.25, 0.3) is 5.91 Å². The molecule has 128 valence electrons. The molecule has 1 aromatic carbocycles. The Morgan fingerprint density at radius 3 is 2.67 bits per heavy atom. The third-order valence-electron chi connectivity index (χ3n) is 4.47. The van der Waals surface area contributed by atoms with Gasteiger partial charge in [0.1, 0.15) is 11.4 Å². The molecule has 0 spiro atoms. The van der Waals surface area contributed by atoms with Crippen LogP contribution in [-0.4, -0.2) is 48.8 Å². The van der Waals surface area contributed by atoms with Gasteiger partial charge >= 0.3 is 0 Å². The van der Waals surface area contributed by atoms with Crippen LogP contribution in [0.15, 0.2) is 30.3 Å². The van der Waals surface area contributed by atoms with Crippen molar-refractivity contribution in [1.82, 2.24) is 9.47 Å². The second-order valence-corrected chi connectivity index (χ2v) is 6.16. The molecule has 1 amide bonds. The van der Waals surface area contributed by atoms with Crippen LogP contribution in [0.3, 0.4) is 0 Å². The van der Waals surface area contributed by atoms with E-state index in [2.05, 4.69) is 16.7 Å². The maximum Gasteiger partial charge on any atom is 0.270 e. The summed E-state index contributed by atoms with van der Waals surface area (Å²) in [6.07, 6.45) is 0. The van der Waals surface area contributed by atoms with Gasteiger partial charge in [0.05, 0.1) is 20.3 Å². The van der Waals surface area contributed by atoms with Gasteiger partial charge in [-0.2, -0.15) is 0 Å². The van der Waals surface area contributed by atoms with Crippen molar-refractivity contribution in [1.29, 1.82) is 0 Å².